The lowest BCUT2D eigenvalue weighted by atomic mass is 10.1. The van der Waals surface area contributed by atoms with Gasteiger partial charge in [0.15, 0.2) is 5.82 Å². The van der Waals surface area contributed by atoms with Crippen molar-refractivity contribution in [3.8, 4) is 0 Å². The maximum Gasteiger partial charge on any atom is 0.165 e. The molecule has 0 saturated carbocycles. The van der Waals surface area contributed by atoms with Gasteiger partial charge in [-0.15, -0.1) is 16.4 Å². The van der Waals surface area contributed by atoms with Crippen molar-refractivity contribution < 1.29 is 0 Å². The first kappa shape index (κ1) is 13.2. The number of hydrogen-bond donors (Lipinski definition) is 1. The highest BCUT2D eigenvalue weighted by Gasteiger charge is 2.19. The molecule has 2 aromatic rings. The highest BCUT2D eigenvalue weighted by molar-refractivity contribution is 7.10. The van der Waals surface area contributed by atoms with Gasteiger partial charge >= 0.3 is 0 Å². The van der Waals surface area contributed by atoms with E-state index >= 15 is 0 Å². The summed E-state index contributed by atoms with van der Waals surface area (Å²) in [5, 5.41) is 17.5. The first-order chi connectivity index (χ1) is 8.86. The van der Waals surface area contributed by atoms with Gasteiger partial charge in [-0.2, -0.15) is 0 Å². The standard InChI is InChI=1S/C12H19N5S/c1-3-6-10(11-7-5-8-18-11)17-12(9-13-4-2)14-15-16-17/h5,7-8,10,13H,3-4,6,9H2,1-2H3. The van der Waals surface area contributed by atoms with Crippen molar-refractivity contribution in [2.75, 3.05) is 6.54 Å². The van der Waals surface area contributed by atoms with Crippen LogP contribution in [-0.2, 0) is 6.54 Å². The van der Waals surface area contributed by atoms with Crippen LogP contribution >= 0.6 is 11.3 Å². The predicted octanol–water partition coefficient (Wildman–Crippen LogP) is 2.23. The molecule has 0 amide bonds. The van der Waals surface area contributed by atoms with E-state index in [9.17, 15) is 0 Å². The van der Waals surface area contributed by atoms with Gasteiger partial charge < -0.3 is 5.32 Å². The number of aromatic nitrogens is 4. The van der Waals surface area contributed by atoms with Gasteiger partial charge in [0.05, 0.1) is 12.6 Å². The molecule has 0 fully saturated rings. The first-order valence-corrected chi connectivity index (χ1v) is 7.25. The van der Waals surface area contributed by atoms with Crippen LogP contribution in [0.25, 0.3) is 0 Å². The van der Waals surface area contributed by atoms with Crippen LogP contribution in [0.1, 0.15) is 43.4 Å². The van der Waals surface area contributed by atoms with Crippen molar-refractivity contribution in [2.24, 2.45) is 0 Å². The molecule has 0 aliphatic heterocycles. The fourth-order valence-corrected chi connectivity index (χ4v) is 2.79. The average molecular weight is 265 g/mol. The number of nitrogens with one attached hydrogen (secondary N) is 1. The highest BCUT2D eigenvalue weighted by Crippen LogP contribution is 2.27. The number of nitrogens with zero attached hydrogens (tertiary/aromatic N) is 4. The summed E-state index contributed by atoms with van der Waals surface area (Å²) in [6.07, 6.45) is 2.17. The van der Waals surface area contributed by atoms with Gasteiger partial charge in [-0.1, -0.05) is 26.3 Å². The Morgan fingerprint density at radius 1 is 1.44 bits per heavy atom. The lowest BCUT2D eigenvalue weighted by Gasteiger charge is -2.16. The Morgan fingerprint density at radius 2 is 2.33 bits per heavy atom. The van der Waals surface area contributed by atoms with Gasteiger partial charge in [0.2, 0.25) is 0 Å². The third-order valence-electron chi connectivity index (χ3n) is 2.82. The van der Waals surface area contributed by atoms with Crippen LogP contribution in [0.5, 0.6) is 0 Å². The van der Waals surface area contributed by atoms with E-state index in [1.165, 1.54) is 4.88 Å². The second-order valence-corrected chi connectivity index (χ2v) is 5.12. The van der Waals surface area contributed by atoms with E-state index in [-0.39, 0.29) is 6.04 Å². The Balaban J connectivity index is 2.23. The summed E-state index contributed by atoms with van der Waals surface area (Å²) in [5.74, 6) is 0.906. The van der Waals surface area contributed by atoms with Gasteiger partial charge in [-0.05, 0) is 34.8 Å². The number of rotatable bonds is 7. The molecule has 2 rings (SSSR count). The Kier molecular flexibility index (Phi) is 4.83. The van der Waals surface area contributed by atoms with Crippen LogP contribution in [-0.4, -0.2) is 26.8 Å². The second-order valence-electron chi connectivity index (χ2n) is 4.14. The average Bonchev–Trinajstić information content (AvgIpc) is 3.04. The predicted molar refractivity (Wildman–Crippen MR) is 72.6 cm³/mol. The summed E-state index contributed by atoms with van der Waals surface area (Å²) in [4.78, 5) is 1.32. The molecule has 1 atom stereocenters. The first-order valence-electron chi connectivity index (χ1n) is 6.37. The van der Waals surface area contributed by atoms with Crippen molar-refractivity contribution in [1.29, 1.82) is 0 Å². The maximum absolute atomic E-state index is 4.17. The summed E-state index contributed by atoms with van der Waals surface area (Å²) < 4.78 is 1.96. The third kappa shape index (κ3) is 2.94. The molecule has 0 aliphatic carbocycles. The highest BCUT2D eigenvalue weighted by atomic mass is 32.1. The molecule has 0 aliphatic rings. The lowest BCUT2D eigenvalue weighted by molar-refractivity contribution is 0.454. The summed E-state index contributed by atoms with van der Waals surface area (Å²) in [7, 11) is 0. The Morgan fingerprint density at radius 3 is 3.00 bits per heavy atom. The molecule has 0 saturated heterocycles. The normalized spacial score (nSPS) is 12.8. The molecule has 2 aromatic heterocycles. The van der Waals surface area contributed by atoms with Crippen LogP contribution in [0.3, 0.4) is 0 Å². The largest absolute Gasteiger partial charge is 0.310 e. The van der Waals surface area contributed by atoms with Crippen molar-refractivity contribution in [2.45, 2.75) is 39.3 Å². The van der Waals surface area contributed by atoms with E-state index in [1.54, 1.807) is 11.3 Å². The molecule has 1 unspecified atom stereocenters. The van der Waals surface area contributed by atoms with Crippen LogP contribution in [0.15, 0.2) is 17.5 Å². The molecular formula is C12H19N5S. The van der Waals surface area contributed by atoms with Crippen LogP contribution < -0.4 is 5.32 Å². The van der Waals surface area contributed by atoms with E-state index in [2.05, 4.69) is 52.2 Å². The zero-order chi connectivity index (χ0) is 12.8. The molecule has 0 aromatic carbocycles. The SMILES string of the molecule is CCCC(c1cccs1)n1nnnc1CNCC. The van der Waals surface area contributed by atoms with Crippen molar-refractivity contribution in [3.05, 3.63) is 28.2 Å². The molecule has 0 radical (unpaired) electrons. The Hall–Kier alpha value is -1.27. The van der Waals surface area contributed by atoms with Crippen LogP contribution in [0, 0.1) is 0 Å². The number of thiophene rings is 1. The van der Waals surface area contributed by atoms with E-state index in [0.717, 1.165) is 31.8 Å². The minimum Gasteiger partial charge on any atom is -0.310 e. The number of tetrazole rings is 1. The van der Waals surface area contributed by atoms with Gasteiger partial charge in [0.1, 0.15) is 0 Å². The Bertz CT molecular complexity index is 451. The molecule has 98 valence electrons. The molecule has 18 heavy (non-hydrogen) atoms. The van der Waals surface area contributed by atoms with Crippen LogP contribution in [0.4, 0.5) is 0 Å². The fourth-order valence-electron chi connectivity index (χ4n) is 1.95. The topological polar surface area (TPSA) is 55.6 Å². The number of hydrogen-bond acceptors (Lipinski definition) is 5. The second kappa shape index (κ2) is 6.61. The zero-order valence-corrected chi connectivity index (χ0v) is 11.7. The van der Waals surface area contributed by atoms with Gasteiger partial charge in [0.25, 0.3) is 0 Å². The maximum atomic E-state index is 4.17. The van der Waals surface area contributed by atoms with E-state index in [0.29, 0.717) is 0 Å². The molecule has 0 spiro atoms. The van der Waals surface area contributed by atoms with E-state index < -0.39 is 0 Å². The monoisotopic (exact) mass is 265 g/mol. The van der Waals surface area contributed by atoms with Crippen LogP contribution in [0.2, 0.25) is 0 Å². The molecule has 5 nitrogen and oxygen atoms in total. The summed E-state index contributed by atoms with van der Waals surface area (Å²) in [6.45, 7) is 5.91. The third-order valence-corrected chi connectivity index (χ3v) is 3.80. The van der Waals surface area contributed by atoms with E-state index in [4.69, 9.17) is 0 Å². The molecule has 0 bridgehead atoms. The molecule has 2 heterocycles. The smallest absolute Gasteiger partial charge is 0.165 e. The van der Waals surface area contributed by atoms with Crippen molar-refractivity contribution >= 4 is 11.3 Å². The minimum absolute atomic E-state index is 0.263. The Labute approximate surface area is 111 Å². The van der Waals surface area contributed by atoms with Gasteiger partial charge in [-0.25, -0.2) is 4.68 Å². The lowest BCUT2D eigenvalue weighted by Crippen LogP contribution is -2.20. The fraction of sp³-hybridized carbons (Fsp3) is 0.583. The van der Waals surface area contributed by atoms with Crippen molar-refractivity contribution in [1.82, 2.24) is 25.5 Å². The molecule has 6 heteroatoms. The molecule has 1 N–H and O–H groups in total. The summed E-state index contributed by atoms with van der Waals surface area (Å²) in [6, 6.07) is 4.50. The van der Waals surface area contributed by atoms with Gasteiger partial charge in [-0.3, -0.25) is 0 Å². The quantitative estimate of drug-likeness (QED) is 0.834. The summed E-state index contributed by atoms with van der Waals surface area (Å²) >= 11 is 1.76. The minimum atomic E-state index is 0.263. The summed E-state index contributed by atoms with van der Waals surface area (Å²) in [5.41, 5.74) is 0. The van der Waals surface area contributed by atoms with Crippen molar-refractivity contribution in [3.63, 3.8) is 0 Å². The van der Waals surface area contributed by atoms with Gasteiger partial charge in [0, 0.05) is 4.88 Å². The zero-order valence-electron chi connectivity index (χ0n) is 10.8. The van der Waals surface area contributed by atoms with E-state index in [1.807, 2.05) is 4.68 Å². The molecular weight excluding hydrogens is 246 g/mol.